The third kappa shape index (κ3) is 5.93. The van der Waals surface area contributed by atoms with Gasteiger partial charge >= 0.3 is 17.9 Å². The first kappa shape index (κ1) is 25.0. The minimum atomic E-state index is -1.26. The van der Waals surface area contributed by atoms with Crippen LogP contribution in [-0.4, -0.2) is 64.2 Å². The van der Waals surface area contributed by atoms with Crippen molar-refractivity contribution in [2.45, 2.75) is 56.9 Å². The first-order valence-corrected chi connectivity index (χ1v) is 12.4. The molecule has 0 radical (unpaired) electrons. The van der Waals surface area contributed by atoms with E-state index >= 15 is 0 Å². The largest absolute Gasteiger partial charge is 0.478 e. The van der Waals surface area contributed by atoms with Gasteiger partial charge in [0.1, 0.15) is 0 Å². The molecule has 1 saturated heterocycles. The van der Waals surface area contributed by atoms with Gasteiger partial charge in [-0.05, 0) is 49.9 Å². The highest BCUT2D eigenvalue weighted by Crippen LogP contribution is 2.44. The number of H-pyrrole nitrogens is 1. The highest BCUT2D eigenvalue weighted by Gasteiger charge is 2.39. The zero-order valence-corrected chi connectivity index (χ0v) is 20.1. The Morgan fingerprint density at radius 3 is 2.51 bits per heavy atom. The van der Waals surface area contributed by atoms with Gasteiger partial charge in [-0.15, -0.1) is 0 Å². The Morgan fingerprint density at radius 2 is 1.83 bits per heavy atom. The minimum absolute atomic E-state index is 0.0538. The van der Waals surface area contributed by atoms with Gasteiger partial charge in [-0.3, -0.25) is 4.79 Å². The van der Waals surface area contributed by atoms with Crippen molar-refractivity contribution in [2.24, 2.45) is 11.8 Å². The first-order valence-electron chi connectivity index (χ1n) is 12.4. The SMILES string of the molecule is CN1C[C@H](COC(=O)C2CCCCC2)C[C@@H]2c3cccc4[nH]cc(c34)C[C@H]21.O=C(O)/C=C\C(=O)O. The molecule has 1 aromatic heterocycles. The number of fused-ring (bicyclic) bond motifs is 2. The van der Waals surface area contributed by atoms with Crippen LogP contribution in [0.2, 0.25) is 0 Å². The molecular formula is C27H34N2O6. The quantitative estimate of drug-likeness (QED) is 0.436. The van der Waals surface area contributed by atoms with E-state index in [1.165, 1.54) is 41.3 Å². The van der Waals surface area contributed by atoms with Crippen LogP contribution in [0.5, 0.6) is 0 Å². The minimum Gasteiger partial charge on any atom is -0.478 e. The molecule has 0 bridgehead atoms. The highest BCUT2D eigenvalue weighted by molar-refractivity contribution is 5.89. The normalized spacial score (nSPS) is 24.4. The number of benzene rings is 1. The van der Waals surface area contributed by atoms with Crippen LogP contribution < -0.4 is 0 Å². The number of ether oxygens (including phenoxy) is 1. The molecular weight excluding hydrogens is 448 g/mol. The van der Waals surface area contributed by atoms with Gasteiger partial charge in [0.15, 0.2) is 0 Å². The van der Waals surface area contributed by atoms with E-state index in [2.05, 4.69) is 41.3 Å². The molecule has 188 valence electrons. The lowest BCUT2D eigenvalue weighted by molar-refractivity contribution is -0.152. The van der Waals surface area contributed by atoms with Gasteiger partial charge in [-0.2, -0.15) is 0 Å². The standard InChI is InChI=1S/C23H30N2O2.C4H4O4/c1-25-13-15(14-27-23(26)16-6-3-2-4-7-16)10-19-18-8-5-9-20-22(18)17(12-24-20)11-21(19)25;5-3(6)1-2-4(7)8/h5,8-9,12,15-16,19,21,24H,2-4,6-7,10-11,13-14H2,1H3;1-2H,(H,5,6)(H,7,8)/b;2-1-/t15-,19-,21-;/m1./s1. The Bertz CT molecular complexity index is 1080. The van der Waals surface area contributed by atoms with Crippen molar-refractivity contribution in [2.75, 3.05) is 20.2 Å². The average Bonchev–Trinajstić information content (AvgIpc) is 3.27. The Balaban J connectivity index is 0.000000314. The lowest BCUT2D eigenvalue weighted by atomic mass is 9.72. The van der Waals surface area contributed by atoms with E-state index in [-0.39, 0.29) is 11.9 Å². The summed E-state index contributed by atoms with van der Waals surface area (Å²) in [4.78, 5) is 37.5. The number of likely N-dealkylation sites (N-methyl/N-ethyl adjacent to an activating group) is 1. The van der Waals surface area contributed by atoms with Crippen LogP contribution in [-0.2, 0) is 25.5 Å². The predicted octanol–water partition coefficient (Wildman–Crippen LogP) is 3.96. The number of likely N-dealkylation sites (tertiary alicyclic amines) is 1. The van der Waals surface area contributed by atoms with Crippen LogP contribution in [0, 0.1) is 11.8 Å². The second-order valence-corrected chi connectivity index (χ2v) is 9.98. The van der Waals surface area contributed by atoms with Gasteiger partial charge in [0.2, 0.25) is 0 Å². The van der Waals surface area contributed by atoms with E-state index in [1.54, 1.807) is 0 Å². The maximum Gasteiger partial charge on any atom is 0.328 e. The second-order valence-electron chi connectivity index (χ2n) is 9.98. The number of esters is 1. The molecule has 3 aliphatic rings. The molecule has 3 N–H and O–H groups in total. The summed E-state index contributed by atoms with van der Waals surface area (Å²) in [5, 5.41) is 17.1. The maximum atomic E-state index is 12.4. The summed E-state index contributed by atoms with van der Waals surface area (Å²) in [5.74, 6) is -1.34. The van der Waals surface area contributed by atoms with Crippen molar-refractivity contribution in [1.82, 2.24) is 9.88 Å². The van der Waals surface area contributed by atoms with E-state index < -0.39 is 11.9 Å². The Hall–Kier alpha value is -3.13. The van der Waals surface area contributed by atoms with Crippen molar-refractivity contribution in [3.05, 3.63) is 47.7 Å². The number of carbonyl (C=O) groups excluding carboxylic acids is 1. The number of aromatic amines is 1. The summed E-state index contributed by atoms with van der Waals surface area (Å²) in [5.41, 5.74) is 4.19. The molecule has 1 aliphatic heterocycles. The van der Waals surface area contributed by atoms with Crippen molar-refractivity contribution < 1.29 is 29.3 Å². The van der Waals surface area contributed by atoms with Crippen LogP contribution in [0.1, 0.15) is 55.6 Å². The third-order valence-electron chi connectivity index (χ3n) is 7.58. The van der Waals surface area contributed by atoms with Gasteiger partial charge in [0, 0.05) is 53.7 Å². The smallest absolute Gasteiger partial charge is 0.328 e. The van der Waals surface area contributed by atoms with E-state index in [1.807, 2.05) is 0 Å². The molecule has 0 unspecified atom stereocenters. The molecule has 2 aliphatic carbocycles. The fraction of sp³-hybridized carbons (Fsp3) is 0.519. The molecule has 1 aromatic carbocycles. The van der Waals surface area contributed by atoms with Crippen molar-refractivity contribution in [3.63, 3.8) is 0 Å². The zero-order valence-electron chi connectivity index (χ0n) is 20.1. The molecule has 2 heterocycles. The molecule has 0 amide bonds. The fourth-order valence-electron chi connectivity index (χ4n) is 5.97. The highest BCUT2D eigenvalue weighted by atomic mass is 16.5. The molecule has 5 rings (SSSR count). The van der Waals surface area contributed by atoms with E-state index in [0.29, 0.717) is 36.6 Å². The number of nitrogens with one attached hydrogen (secondary N) is 1. The number of hydrogen-bond donors (Lipinski definition) is 3. The number of piperidine rings is 1. The van der Waals surface area contributed by atoms with E-state index in [4.69, 9.17) is 14.9 Å². The van der Waals surface area contributed by atoms with Crippen LogP contribution >= 0.6 is 0 Å². The van der Waals surface area contributed by atoms with Crippen molar-refractivity contribution in [3.8, 4) is 0 Å². The molecule has 35 heavy (non-hydrogen) atoms. The molecule has 0 spiro atoms. The number of carboxylic acid groups (broad SMARTS) is 2. The van der Waals surface area contributed by atoms with Gasteiger partial charge < -0.3 is 24.8 Å². The number of nitrogens with zero attached hydrogens (tertiary/aromatic N) is 1. The molecule has 1 saturated carbocycles. The number of carbonyl (C=O) groups is 3. The first-order chi connectivity index (χ1) is 16.8. The van der Waals surface area contributed by atoms with Crippen LogP contribution in [0.3, 0.4) is 0 Å². The van der Waals surface area contributed by atoms with Crippen LogP contribution in [0.25, 0.3) is 10.9 Å². The van der Waals surface area contributed by atoms with Gasteiger partial charge in [0.05, 0.1) is 12.5 Å². The number of aliphatic carboxylic acids is 2. The van der Waals surface area contributed by atoms with Gasteiger partial charge in [0.25, 0.3) is 0 Å². The number of rotatable bonds is 5. The van der Waals surface area contributed by atoms with Gasteiger partial charge in [-0.25, -0.2) is 9.59 Å². The Morgan fingerprint density at radius 1 is 1.11 bits per heavy atom. The summed E-state index contributed by atoms with van der Waals surface area (Å²) >= 11 is 0. The molecule has 3 atom stereocenters. The molecule has 8 heteroatoms. The van der Waals surface area contributed by atoms with Gasteiger partial charge in [-0.1, -0.05) is 31.4 Å². The third-order valence-corrected chi connectivity index (χ3v) is 7.58. The number of aromatic nitrogens is 1. The van der Waals surface area contributed by atoms with Crippen LogP contribution in [0.15, 0.2) is 36.5 Å². The van der Waals surface area contributed by atoms with Crippen molar-refractivity contribution >= 4 is 28.8 Å². The topological polar surface area (TPSA) is 120 Å². The maximum absolute atomic E-state index is 12.4. The average molecular weight is 483 g/mol. The summed E-state index contributed by atoms with van der Waals surface area (Å²) in [6, 6.07) is 7.22. The van der Waals surface area contributed by atoms with Crippen LogP contribution in [0.4, 0.5) is 0 Å². The van der Waals surface area contributed by atoms with Crippen molar-refractivity contribution in [1.29, 1.82) is 0 Å². The summed E-state index contributed by atoms with van der Waals surface area (Å²) in [6.45, 7) is 1.60. The Kier molecular flexibility index (Phi) is 7.90. The summed E-state index contributed by atoms with van der Waals surface area (Å²) in [7, 11) is 2.24. The molecule has 8 nitrogen and oxygen atoms in total. The lowest BCUT2D eigenvalue weighted by Crippen LogP contribution is -2.48. The monoisotopic (exact) mass is 482 g/mol. The number of carboxylic acids is 2. The molecule has 2 fully saturated rings. The zero-order chi connectivity index (χ0) is 24.9. The van der Waals surface area contributed by atoms with E-state index in [9.17, 15) is 14.4 Å². The summed E-state index contributed by atoms with van der Waals surface area (Å²) in [6.07, 6.45) is 11.2. The molecule has 2 aromatic rings. The number of hydrogen-bond acceptors (Lipinski definition) is 5. The predicted molar refractivity (Wildman–Crippen MR) is 131 cm³/mol. The lowest BCUT2D eigenvalue weighted by Gasteiger charge is -2.45. The fourth-order valence-corrected chi connectivity index (χ4v) is 5.97. The Labute approximate surface area is 205 Å². The van der Waals surface area contributed by atoms with E-state index in [0.717, 1.165) is 32.2 Å². The second kappa shape index (κ2) is 11.1. The summed E-state index contributed by atoms with van der Waals surface area (Å²) < 4.78 is 5.80.